The first-order valence-electron chi connectivity index (χ1n) is 7.83. The van der Waals surface area contributed by atoms with Crippen LogP contribution in [0.25, 0.3) is 11.1 Å². The molecule has 1 aromatic carbocycles. The number of aromatic amines is 1. The van der Waals surface area contributed by atoms with Gasteiger partial charge in [-0.25, -0.2) is 4.79 Å². The summed E-state index contributed by atoms with van der Waals surface area (Å²) in [4.78, 5) is 16.0. The Morgan fingerprint density at radius 3 is 3.09 bits per heavy atom. The molecule has 2 atom stereocenters. The van der Waals surface area contributed by atoms with E-state index in [9.17, 15) is 15.0 Å². The van der Waals surface area contributed by atoms with Crippen LogP contribution in [-0.4, -0.2) is 45.8 Å². The molecule has 6 nitrogen and oxygen atoms in total. The summed E-state index contributed by atoms with van der Waals surface area (Å²) < 4.78 is 5.04. The van der Waals surface area contributed by atoms with Crippen LogP contribution < -0.4 is 5.76 Å². The van der Waals surface area contributed by atoms with Crippen LogP contribution >= 0.6 is 0 Å². The molecule has 22 heavy (non-hydrogen) atoms. The van der Waals surface area contributed by atoms with Gasteiger partial charge in [0.25, 0.3) is 0 Å². The van der Waals surface area contributed by atoms with Crippen molar-refractivity contribution in [2.75, 3.05) is 19.7 Å². The van der Waals surface area contributed by atoms with E-state index >= 15 is 0 Å². The molecule has 2 heterocycles. The average molecular weight is 306 g/mol. The maximum absolute atomic E-state index is 11.2. The molecule has 1 fully saturated rings. The first kappa shape index (κ1) is 15.3. The van der Waals surface area contributed by atoms with Gasteiger partial charge < -0.3 is 14.6 Å². The Labute approximate surface area is 128 Å². The van der Waals surface area contributed by atoms with Crippen LogP contribution in [0.1, 0.15) is 37.4 Å². The summed E-state index contributed by atoms with van der Waals surface area (Å²) in [5.41, 5.74) is 1.84. The van der Waals surface area contributed by atoms with E-state index < -0.39 is 11.9 Å². The topological polar surface area (TPSA) is 89.7 Å². The Hall–Kier alpha value is -1.63. The van der Waals surface area contributed by atoms with Gasteiger partial charge in [-0.2, -0.15) is 0 Å². The molecule has 2 unspecified atom stereocenters. The Morgan fingerprint density at radius 1 is 1.41 bits per heavy atom. The van der Waals surface area contributed by atoms with Crippen molar-refractivity contribution in [2.24, 2.45) is 0 Å². The highest BCUT2D eigenvalue weighted by Gasteiger charge is 2.24. The summed E-state index contributed by atoms with van der Waals surface area (Å²) in [6.07, 6.45) is 3.49. The number of oxazole rings is 1. The van der Waals surface area contributed by atoms with Crippen LogP contribution in [-0.2, 0) is 0 Å². The molecule has 0 radical (unpaired) electrons. The van der Waals surface area contributed by atoms with E-state index in [4.69, 9.17) is 4.42 Å². The number of H-pyrrole nitrogens is 1. The van der Waals surface area contributed by atoms with Crippen LogP contribution in [0, 0.1) is 0 Å². The van der Waals surface area contributed by atoms with Crippen molar-refractivity contribution in [1.82, 2.24) is 9.88 Å². The molecule has 1 aliphatic heterocycles. The van der Waals surface area contributed by atoms with Gasteiger partial charge in [0.15, 0.2) is 5.58 Å². The van der Waals surface area contributed by atoms with E-state index in [-0.39, 0.29) is 6.61 Å². The number of nitrogens with one attached hydrogen (secondary N) is 1. The first-order chi connectivity index (χ1) is 10.7. The summed E-state index contributed by atoms with van der Waals surface area (Å²) in [5.74, 6) is -0.485. The molecular formula is C16H22N2O4. The van der Waals surface area contributed by atoms with Crippen molar-refractivity contribution < 1.29 is 14.6 Å². The van der Waals surface area contributed by atoms with Gasteiger partial charge >= 0.3 is 5.76 Å². The third kappa shape index (κ3) is 3.24. The normalized spacial score (nSPS) is 21.3. The van der Waals surface area contributed by atoms with Gasteiger partial charge in [0, 0.05) is 19.2 Å². The molecule has 0 bridgehead atoms. The number of aliphatic hydroxyl groups is 2. The van der Waals surface area contributed by atoms with Gasteiger partial charge in [-0.1, -0.05) is 12.5 Å². The summed E-state index contributed by atoms with van der Waals surface area (Å²) >= 11 is 0. The highest BCUT2D eigenvalue weighted by molar-refractivity contribution is 5.72. The van der Waals surface area contributed by atoms with Crippen molar-refractivity contribution in [3.05, 3.63) is 34.3 Å². The van der Waals surface area contributed by atoms with Crippen LogP contribution in [0.2, 0.25) is 0 Å². The maximum Gasteiger partial charge on any atom is 0.417 e. The second-order valence-corrected chi connectivity index (χ2v) is 5.94. The number of nitrogens with zero attached hydrogens (tertiary/aromatic N) is 1. The van der Waals surface area contributed by atoms with Crippen molar-refractivity contribution in [1.29, 1.82) is 0 Å². The second-order valence-electron chi connectivity index (χ2n) is 5.94. The average Bonchev–Trinajstić information content (AvgIpc) is 2.88. The SMILES string of the molecule is O=c1[nH]c2ccc(C(O)CN3CCCCC3CCO)cc2o1. The van der Waals surface area contributed by atoms with Gasteiger partial charge in [0.05, 0.1) is 11.6 Å². The summed E-state index contributed by atoms with van der Waals surface area (Å²) in [6, 6.07) is 5.61. The number of aliphatic hydroxyl groups excluding tert-OH is 2. The molecular weight excluding hydrogens is 284 g/mol. The lowest BCUT2D eigenvalue weighted by atomic mass is 9.98. The number of benzene rings is 1. The van der Waals surface area contributed by atoms with Gasteiger partial charge in [-0.15, -0.1) is 0 Å². The lowest BCUT2D eigenvalue weighted by Gasteiger charge is -2.36. The van der Waals surface area contributed by atoms with Crippen LogP contribution in [0.15, 0.2) is 27.4 Å². The van der Waals surface area contributed by atoms with Crippen LogP contribution in [0.5, 0.6) is 0 Å². The number of β-amino-alcohol motifs (C(OH)–C–C–N with tert-alkyl or cyclic N) is 1. The molecule has 1 saturated heterocycles. The third-order valence-corrected chi connectivity index (χ3v) is 4.45. The summed E-state index contributed by atoms with van der Waals surface area (Å²) in [5, 5.41) is 19.7. The van der Waals surface area contributed by atoms with Gasteiger partial charge in [0.2, 0.25) is 0 Å². The molecule has 6 heteroatoms. The minimum Gasteiger partial charge on any atom is -0.408 e. The largest absolute Gasteiger partial charge is 0.417 e. The fourth-order valence-electron chi connectivity index (χ4n) is 3.27. The van der Waals surface area contributed by atoms with Gasteiger partial charge in [0.1, 0.15) is 0 Å². The zero-order valence-electron chi connectivity index (χ0n) is 12.5. The van der Waals surface area contributed by atoms with E-state index in [0.29, 0.717) is 23.7 Å². The second kappa shape index (κ2) is 6.64. The third-order valence-electron chi connectivity index (χ3n) is 4.45. The predicted molar refractivity (Wildman–Crippen MR) is 82.7 cm³/mol. The molecule has 3 rings (SSSR count). The molecule has 0 saturated carbocycles. The first-order valence-corrected chi connectivity index (χ1v) is 7.83. The quantitative estimate of drug-likeness (QED) is 0.777. The predicted octanol–water partition coefficient (Wildman–Crippen LogP) is 1.39. The Balaban J connectivity index is 1.73. The molecule has 0 amide bonds. The molecule has 120 valence electrons. The van der Waals surface area contributed by atoms with Gasteiger partial charge in [-0.3, -0.25) is 9.88 Å². The van der Waals surface area contributed by atoms with Crippen LogP contribution in [0.4, 0.5) is 0 Å². The van der Waals surface area contributed by atoms with Crippen molar-refractivity contribution in [3.63, 3.8) is 0 Å². The minimum atomic E-state index is -0.635. The fraction of sp³-hybridized carbons (Fsp3) is 0.562. The number of hydrogen-bond acceptors (Lipinski definition) is 5. The summed E-state index contributed by atoms with van der Waals surface area (Å²) in [7, 11) is 0. The Morgan fingerprint density at radius 2 is 2.27 bits per heavy atom. The molecule has 0 aliphatic carbocycles. The van der Waals surface area contributed by atoms with Crippen molar-refractivity contribution in [2.45, 2.75) is 37.8 Å². The number of aromatic nitrogens is 1. The van der Waals surface area contributed by atoms with E-state index in [1.54, 1.807) is 12.1 Å². The zero-order chi connectivity index (χ0) is 15.5. The standard InChI is InChI=1S/C16H22N2O4/c19-8-6-12-3-1-2-7-18(12)10-14(20)11-4-5-13-15(9-11)22-16(21)17-13/h4-5,9,12,14,19-20H,1-3,6-8,10H2,(H,17,21). The highest BCUT2D eigenvalue weighted by atomic mass is 16.4. The maximum atomic E-state index is 11.2. The van der Waals surface area contributed by atoms with E-state index in [2.05, 4.69) is 9.88 Å². The Kier molecular flexibility index (Phi) is 4.61. The lowest BCUT2D eigenvalue weighted by molar-refractivity contribution is 0.0565. The molecule has 1 aromatic heterocycles. The van der Waals surface area contributed by atoms with Crippen molar-refractivity contribution >= 4 is 11.1 Å². The van der Waals surface area contributed by atoms with Crippen molar-refractivity contribution in [3.8, 4) is 0 Å². The fourth-order valence-corrected chi connectivity index (χ4v) is 3.27. The summed E-state index contributed by atoms with van der Waals surface area (Å²) in [6.45, 7) is 1.66. The van der Waals surface area contributed by atoms with Gasteiger partial charge in [-0.05, 0) is 43.5 Å². The van der Waals surface area contributed by atoms with E-state index in [1.165, 1.54) is 6.42 Å². The zero-order valence-corrected chi connectivity index (χ0v) is 12.5. The number of piperidine rings is 1. The van der Waals surface area contributed by atoms with E-state index in [1.807, 2.05) is 6.07 Å². The van der Waals surface area contributed by atoms with E-state index in [0.717, 1.165) is 31.4 Å². The number of rotatable bonds is 5. The molecule has 3 N–H and O–H groups in total. The Bertz CT molecular complexity index is 676. The minimum absolute atomic E-state index is 0.178. The monoisotopic (exact) mass is 306 g/mol. The lowest BCUT2D eigenvalue weighted by Crippen LogP contribution is -2.42. The molecule has 2 aromatic rings. The smallest absolute Gasteiger partial charge is 0.408 e. The van der Waals surface area contributed by atoms with Crippen LogP contribution in [0.3, 0.4) is 0 Å². The highest BCUT2D eigenvalue weighted by Crippen LogP contribution is 2.24. The number of hydrogen-bond donors (Lipinski definition) is 3. The molecule has 0 spiro atoms. The number of fused-ring (bicyclic) bond motifs is 1. The molecule has 1 aliphatic rings. The number of likely N-dealkylation sites (tertiary alicyclic amines) is 1.